The molecular formula is C23H34N2O3. The molecule has 5 heteroatoms. The van der Waals surface area contributed by atoms with E-state index < -0.39 is 0 Å². The van der Waals surface area contributed by atoms with Crippen LogP contribution in [0.15, 0.2) is 48.5 Å². The maximum absolute atomic E-state index is 10.6. The Morgan fingerprint density at radius 1 is 1.14 bits per heavy atom. The van der Waals surface area contributed by atoms with Crippen molar-refractivity contribution < 1.29 is 15.8 Å². The second-order valence-electron chi connectivity index (χ2n) is 7.71. The van der Waals surface area contributed by atoms with Crippen molar-refractivity contribution in [1.82, 2.24) is 5.32 Å². The van der Waals surface area contributed by atoms with Gasteiger partial charge in [-0.2, -0.15) is 0 Å². The Kier molecular flexibility index (Phi) is 9.39. The fourth-order valence-corrected chi connectivity index (χ4v) is 2.35. The van der Waals surface area contributed by atoms with Crippen molar-refractivity contribution in [3.63, 3.8) is 0 Å². The number of anilines is 1. The molecule has 0 radical (unpaired) electrons. The summed E-state index contributed by atoms with van der Waals surface area (Å²) in [5, 5.41) is 6.00. The van der Waals surface area contributed by atoms with Crippen LogP contribution in [0, 0.1) is 6.92 Å². The Labute approximate surface area is 170 Å². The van der Waals surface area contributed by atoms with Gasteiger partial charge in [0.25, 0.3) is 6.47 Å². The van der Waals surface area contributed by atoms with Gasteiger partial charge >= 0.3 is 0 Å². The van der Waals surface area contributed by atoms with E-state index in [0.29, 0.717) is 12.5 Å². The lowest BCUT2D eigenvalue weighted by Crippen LogP contribution is -2.10. The molecule has 1 fully saturated rings. The van der Waals surface area contributed by atoms with Gasteiger partial charge in [-0.15, -0.1) is 0 Å². The highest BCUT2D eigenvalue weighted by Gasteiger charge is 2.22. The van der Waals surface area contributed by atoms with E-state index in [9.17, 15) is 4.79 Å². The van der Waals surface area contributed by atoms with Crippen LogP contribution in [0.1, 0.15) is 51.9 Å². The molecular weight excluding hydrogens is 352 g/mol. The summed E-state index contributed by atoms with van der Waals surface area (Å²) in [5.41, 5.74) is 5.15. The summed E-state index contributed by atoms with van der Waals surface area (Å²) in [6, 6.07) is 17.3. The van der Waals surface area contributed by atoms with Crippen molar-refractivity contribution in [3.8, 4) is 0 Å². The standard InChI is InChI=1S/C12H17N.C9H11NO.C2H4O2.H2/c1-12(2,3)10-6-4-9(5-7-10)11-8-13-11;1-7-3-5-9(6-4-7)10-8(2)11;1-4-2-3;/h4-7,11,13H,8H2,1-3H3;3-6H,1-2H3,(H,10,11);2H,1H3;1H. The Hall–Kier alpha value is -2.66. The highest BCUT2D eigenvalue weighted by atomic mass is 16.5. The third-order valence-corrected chi connectivity index (χ3v) is 4.06. The summed E-state index contributed by atoms with van der Waals surface area (Å²) in [4.78, 5) is 19.5. The van der Waals surface area contributed by atoms with Gasteiger partial charge in [-0.3, -0.25) is 9.59 Å². The Morgan fingerprint density at radius 2 is 1.64 bits per heavy atom. The number of methoxy groups -OCH3 is 1. The van der Waals surface area contributed by atoms with Gasteiger partial charge in [-0.25, -0.2) is 0 Å². The number of nitrogens with one attached hydrogen (secondary N) is 2. The molecule has 0 aliphatic carbocycles. The van der Waals surface area contributed by atoms with E-state index in [0.717, 1.165) is 12.2 Å². The molecule has 1 unspecified atom stereocenters. The minimum atomic E-state index is -0.0335. The van der Waals surface area contributed by atoms with Crippen molar-refractivity contribution >= 4 is 18.1 Å². The molecule has 1 amide bonds. The van der Waals surface area contributed by atoms with Crippen molar-refractivity contribution in [3.05, 3.63) is 65.2 Å². The molecule has 0 spiro atoms. The van der Waals surface area contributed by atoms with Crippen LogP contribution >= 0.6 is 0 Å². The van der Waals surface area contributed by atoms with E-state index in [2.05, 4.69) is 60.4 Å². The molecule has 2 aromatic rings. The number of carbonyl (C=O) groups excluding carboxylic acids is 2. The van der Waals surface area contributed by atoms with E-state index in [1.54, 1.807) is 0 Å². The highest BCUT2D eigenvalue weighted by Crippen LogP contribution is 2.26. The summed E-state index contributed by atoms with van der Waals surface area (Å²) < 4.78 is 3.86. The first-order chi connectivity index (χ1) is 13.2. The largest absolute Gasteiger partial charge is 0.471 e. The second-order valence-corrected chi connectivity index (χ2v) is 7.71. The molecule has 5 nitrogen and oxygen atoms in total. The number of ether oxygens (including phenoxy) is 1. The summed E-state index contributed by atoms with van der Waals surface area (Å²) >= 11 is 0. The second kappa shape index (κ2) is 11.2. The van der Waals surface area contributed by atoms with E-state index >= 15 is 0 Å². The van der Waals surface area contributed by atoms with Gasteiger partial charge in [0.1, 0.15) is 0 Å². The first-order valence-corrected chi connectivity index (χ1v) is 9.32. The van der Waals surface area contributed by atoms with E-state index in [4.69, 9.17) is 4.79 Å². The van der Waals surface area contributed by atoms with Gasteiger partial charge in [0.15, 0.2) is 0 Å². The Balaban J connectivity index is 0.000000450. The fraction of sp³-hybridized carbons (Fsp3) is 0.391. The van der Waals surface area contributed by atoms with Crippen LogP contribution < -0.4 is 10.6 Å². The van der Waals surface area contributed by atoms with Gasteiger partial charge < -0.3 is 15.4 Å². The molecule has 1 saturated heterocycles. The molecule has 0 aromatic heterocycles. The predicted octanol–water partition coefficient (Wildman–Crippen LogP) is 4.62. The van der Waals surface area contributed by atoms with Crippen molar-refractivity contribution in [1.29, 1.82) is 0 Å². The van der Waals surface area contributed by atoms with Crippen LogP contribution in [0.2, 0.25) is 0 Å². The maximum atomic E-state index is 10.6. The van der Waals surface area contributed by atoms with E-state index in [-0.39, 0.29) is 12.7 Å². The molecule has 1 atom stereocenters. The van der Waals surface area contributed by atoms with Crippen LogP contribution in [-0.4, -0.2) is 26.0 Å². The number of benzene rings is 2. The zero-order valence-electron chi connectivity index (χ0n) is 17.7. The summed E-state index contributed by atoms with van der Waals surface area (Å²) in [6.07, 6.45) is 0. The Morgan fingerprint density at radius 3 is 2.00 bits per heavy atom. The molecule has 3 rings (SSSR count). The minimum absolute atomic E-state index is 0. The molecule has 1 aliphatic rings. The number of aryl methyl sites for hydroxylation is 1. The zero-order chi connectivity index (χ0) is 21.2. The van der Waals surface area contributed by atoms with Gasteiger partial charge in [-0.1, -0.05) is 62.7 Å². The topological polar surface area (TPSA) is 77.3 Å². The zero-order valence-corrected chi connectivity index (χ0v) is 17.7. The maximum Gasteiger partial charge on any atom is 0.292 e. The fourth-order valence-electron chi connectivity index (χ4n) is 2.35. The van der Waals surface area contributed by atoms with Gasteiger partial charge in [0, 0.05) is 26.6 Å². The van der Waals surface area contributed by atoms with Gasteiger partial charge in [0.2, 0.25) is 5.91 Å². The quantitative estimate of drug-likeness (QED) is 0.596. The van der Waals surface area contributed by atoms with Crippen LogP contribution in [0.25, 0.3) is 0 Å². The van der Waals surface area contributed by atoms with Crippen LogP contribution in [0.5, 0.6) is 0 Å². The number of carbonyl (C=O) groups is 2. The third-order valence-electron chi connectivity index (χ3n) is 4.06. The summed E-state index contributed by atoms with van der Waals surface area (Å²) in [6.45, 7) is 11.8. The van der Waals surface area contributed by atoms with Gasteiger partial charge in [-0.05, 0) is 35.6 Å². The first-order valence-electron chi connectivity index (χ1n) is 9.32. The van der Waals surface area contributed by atoms with Crippen LogP contribution in [0.3, 0.4) is 0 Å². The summed E-state index contributed by atoms with van der Waals surface area (Å²) in [5.74, 6) is -0.0335. The molecule has 0 saturated carbocycles. The van der Waals surface area contributed by atoms with Crippen molar-refractivity contribution in [2.45, 2.75) is 46.1 Å². The van der Waals surface area contributed by atoms with E-state index in [1.807, 2.05) is 31.2 Å². The number of rotatable bonds is 3. The average Bonchev–Trinajstić information content (AvgIpc) is 3.49. The lowest BCUT2D eigenvalue weighted by Gasteiger charge is -2.18. The smallest absolute Gasteiger partial charge is 0.292 e. The molecule has 1 heterocycles. The molecule has 2 aromatic carbocycles. The van der Waals surface area contributed by atoms with Crippen LogP contribution in [-0.2, 0) is 19.7 Å². The SMILES string of the molecule is CC(=O)Nc1ccc(C)cc1.CC(C)(C)c1ccc(C2CN2)cc1.COC=O.[HH]. The van der Waals surface area contributed by atoms with E-state index in [1.165, 1.54) is 30.7 Å². The number of hydrogen-bond acceptors (Lipinski definition) is 4. The number of hydrogen-bond donors (Lipinski definition) is 2. The lowest BCUT2D eigenvalue weighted by atomic mass is 9.86. The van der Waals surface area contributed by atoms with Gasteiger partial charge in [0.05, 0.1) is 7.11 Å². The summed E-state index contributed by atoms with van der Waals surface area (Å²) in [7, 11) is 1.31. The Bertz CT molecular complexity index is 734. The van der Waals surface area contributed by atoms with Crippen molar-refractivity contribution in [2.24, 2.45) is 0 Å². The molecule has 28 heavy (non-hydrogen) atoms. The normalized spacial score (nSPS) is 14.4. The molecule has 2 N–H and O–H groups in total. The van der Waals surface area contributed by atoms with Crippen molar-refractivity contribution in [2.75, 3.05) is 19.0 Å². The predicted molar refractivity (Wildman–Crippen MR) is 117 cm³/mol. The van der Waals surface area contributed by atoms with Crippen LogP contribution in [0.4, 0.5) is 5.69 Å². The first kappa shape index (κ1) is 23.4. The highest BCUT2D eigenvalue weighted by molar-refractivity contribution is 5.88. The molecule has 1 aliphatic heterocycles. The number of amides is 1. The third kappa shape index (κ3) is 9.33. The minimum Gasteiger partial charge on any atom is -0.471 e. The average molecular weight is 387 g/mol. The monoisotopic (exact) mass is 386 g/mol. The lowest BCUT2D eigenvalue weighted by molar-refractivity contribution is -0.126. The molecule has 154 valence electrons. The molecule has 0 bridgehead atoms.